The fourth-order valence-electron chi connectivity index (χ4n) is 4.20. The third-order valence-electron chi connectivity index (χ3n) is 5.97. The molecule has 2 heterocycles. The molecule has 0 aliphatic carbocycles. The van der Waals surface area contributed by atoms with Crippen LogP contribution < -0.4 is 9.30 Å². The molecule has 0 N–H and O–H groups in total. The van der Waals surface area contributed by atoms with E-state index in [0.717, 1.165) is 5.56 Å². The summed E-state index contributed by atoms with van der Waals surface area (Å²) in [6, 6.07) is 20.1. The molecular formula is C30H33NO11S. The van der Waals surface area contributed by atoms with Crippen LogP contribution in [0.4, 0.5) is 0 Å². The first-order valence-corrected chi connectivity index (χ1v) is 14.6. The SMILES string of the molecule is CC(=O)O[C@@H]1[C@@H](OC(C)=O)[C@H](Oc2ccccc2)O[C@H](C[n+]2ccccc2)[C@H]1OC(C)=O.Cc1ccc(S(=O)(=O)[O-])cc1. The third kappa shape index (κ3) is 10.5. The van der Waals surface area contributed by atoms with Gasteiger partial charge in [0.15, 0.2) is 37.3 Å². The van der Waals surface area contributed by atoms with Gasteiger partial charge < -0.3 is 28.2 Å². The van der Waals surface area contributed by atoms with Gasteiger partial charge in [-0.15, -0.1) is 0 Å². The van der Waals surface area contributed by atoms with Crippen molar-refractivity contribution in [2.45, 2.75) is 69.8 Å². The molecule has 2 aromatic carbocycles. The summed E-state index contributed by atoms with van der Waals surface area (Å²) in [5, 5.41) is 0. The molecule has 1 saturated heterocycles. The van der Waals surface area contributed by atoms with Crippen LogP contribution in [0.3, 0.4) is 0 Å². The minimum atomic E-state index is -4.27. The number of hydrogen-bond donors (Lipinski definition) is 0. The van der Waals surface area contributed by atoms with Crippen LogP contribution in [0, 0.1) is 6.92 Å². The molecule has 1 aliphatic heterocycles. The van der Waals surface area contributed by atoms with Gasteiger partial charge in [0.25, 0.3) is 0 Å². The second-order valence-electron chi connectivity index (χ2n) is 9.54. The zero-order valence-electron chi connectivity index (χ0n) is 24.0. The molecule has 230 valence electrons. The molecule has 4 rings (SSSR count). The van der Waals surface area contributed by atoms with Crippen molar-refractivity contribution in [1.29, 1.82) is 0 Å². The van der Waals surface area contributed by atoms with Crippen LogP contribution in [-0.2, 0) is 50.0 Å². The molecule has 0 spiro atoms. The lowest BCUT2D eigenvalue weighted by molar-refractivity contribution is -0.707. The highest BCUT2D eigenvalue weighted by atomic mass is 32.2. The van der Waals surface area contributed by atoms with Crippen LogP contribution in [0.5, 0.6) is 5.75 Å². The van der Waals surface area contributed by atoms with Crippen LogP contribution in [0.1, 0.15) is 26.3 Å². The Bertz CT molecular complexity index is 1400. The molecule has 3 aromatic rings. The predicted molar refractivity (Wildman–Crippen MR) is 148 cm³/mol. The first kappa shape index (κ1) is 33.2. The number of para-hydroxylation sites is 1. The van der Waals surface area contributed by atoms with Gasteiger partial charge in [0.1, 0.15) is 15.9 Å². The number of rotatable bonds is 8. The maximum atomic E-state index is 11.9. The van der Waals surface area contributed by atoms with E-state index in [2.05, 4.69) is 0 Å². The molecule has 0 radical (unpaired) electrons. The lowest BCUT2D eigenvalue weighted by Crippen LogP contribution is -2.65. The van der Waals surface area contributed by atoms with E-state index in [1.807, 2.05) is 48.1 Å². The van der Waals surface area contributed by atoms with E-state index in [0.29, 0.717) is 5.75 Å². The highest BCUT2D eigenvalue weighted by molar-refractivity contribution is 7.85. The van der Waals surface area contributed by atoms with Gasteiger partial charge in [0.05, 0.1) is 4.90 Å². The van der Waals surface area contributed by atoms with Gasteiger partial charge in [-0.2, -0.15) is 0 Å². The van der Waals surface area contributed by atoms with E-state index in [1.165, 1.54) is 32.9 Å². The average molecular weight is 616 g/mol. The summed E-state index contributed by atoms with van der Waals surface area (Å²) in [7, 11) is -4.27. The second-order valence-corrected chi connectivity index (χ2v) is 10.9. The third-order valence-corrected chi connectivity index (χ3v) is 6.82. The van der Waals surface area contributed by atoms with Crippen molar-refractivity contribution in [2.75, 3.05) is 0 Å². The van der Waals surface area contributed by atoms with Crippen LogP contribution in [0.25, 0.3) is 0 Å². The predicted octanol–water partition coefficient (Wildman–Crippen LogP) is 2.47. The largest absolute Gasteiger partial charge is 0.744 e. The summed E-state index contributed by atoms with van der Waals surface area (Å²) >= 11 is 0. The van der Waals surface area contributed by atoms with E-state index in [-0.39, 0.29) is 11.4 Å². The molecular weight excluding hydrogens is 582 g/mol. The molecule has 5 atom stereocenters. The molecule has 12 nitrogen and oxygen atoms in total. The van der Waals surface area contributed by atoms with Crippen molar-refractivity contribution in [3.63, 3.8) is 0 Å². The number of nitrogens with zero attached hydrogens (tertiary/aromatic N) is 1. The summed E-state index contributed by atoms with van der Waals surface area (Å²) in [6.07, 6.45) is -1.59. The van der Waals surface area contributed by atoms with Gasteiger partial charge in [-0.05, 0) is 31.2 Å². The molecule has 0 unspecified atom stereocenters. The summed E-state index contributed by atoms with van der Waals surface area (Å²) in [5.74, 6) is -1.39. The first-order valence-electron chi connectivity index (χ1n) is 13.2. The van der Waals surface area contributed by atoms with Gasteiger partial charge in [-0.25, -0.2) is 13.0 Å². The highest BCUT2D eigenvalue weighted by Crippen LogP contribution is 2.30. The fourth-order valence-corrected chi connectivity index (χ4v) is 4.67. The standard InChI is InChI=1S/C23H26NO8.C7H8O3S/c1-15(25)28-20-19(14-24-12-8-5-9-13-24)32-23(31-18-10-6-4-7-11-18)22(30-17(3)27)21(20)29-16(2)26;1-6-2-4-7(5-3-6)11(8,9)10/h4-13,19-23H,14H2,1-3H3;2-5H,1H3,(H,8,9,10)/q+1;/p-1/t19-,20-,21+,22-,23-;/m1./s1. The summed E-state index contributed by atoms with van der Waals surface area (Å²) in [6.45, 7) is 5.76. The number of carbonyl (C=O) groups is 3. The Kier molecular flexibility index (Phi) is 11.8. The van der Waals surface area contributed by atoms with Crippen LogP contribution >= 0.6 is 0 Å². The van der Waals surface area contributed by atoms with E-state index in [4.69, 9.17) is 23.7 Å². The minimum Gasteiger partial charge on any atom is -0.744 e. The Morgan fingerprint density at radius 3 is 1.81 bits per heavy atom. The number of esters is 3. The Morgan fingerprint density at radius 2 is 1.28 bits per heavy atom. The lowest BCUT2D eigenvalue weighted by atomic mass is 9.97. The van der Waals surface area contributed by atoms with Gasteiger partial charge in [-0.1, -0.05) is 42.0 Å². The highest BCUT2D eigenvalue weighted by Gasteiger charge is 2.54. The number of benzene rings is 2. The number of hydrogen-bond acceptors (Lipinski definition) is 11. The second kappa shape index (κ2) is 15.2. The maximum absolute atomic E-state index is 11.9. The number of carbonyl (C=O) groups excluding carboxylic acids is 3. The molecule has 1 fully saturated rings. The van der Waals surface area contributed by atoms with Crippen molar-refractivity contribution < 1.29 is 55.6 Å². The quantitative estimate of drug-likeness (QED) is 0.159. The van der Waals surface area contributed by atoms with Crippen molar-refractivity contribution in [3.05, 3.63) is 90.8 Å². The smallest absolute Gasteiger partial charge is 0.303 e. The lowest BCUT2D eigenvalue weighted by Gasteiger charge is -2.43. The minimum absolute atomic E-state index is 0.178. The van der Waals surface area contributed by atoms with E-state index >= 15 is 0 Å². The van der Waals surface area contributed by atoms with Gasteiger partial charge in [0.2, 0.25) is 12.4 Å². The molecule has 0 amide bonds. The van der Waals surface area contributed by atoms with E-state index in [1.54, 1.807) is 36.4 Å². The Balaban J connectivity index is 0.000000386. The van der Waals surface area contributed by atoms with Crippen molar-refractivity contribution in [3.8, 4) is 5.75 Å². The molecule has 1 aromatic heterocycles. The topological polar surface area (TPSA) is 158 Å². The van der Waals surface area contributed by atoms with Crippen molar-refractivity contribution >= 4 is 28.0 Å². The number of pyridine rings is 1. The zero-order chi connectivity index (χ0) is 31.6. The van der Waals surface area contributed by atoms with Crippen molar-refractivity contribution in [1.82, 2.24) is 0 Å². The first-order chi connectivity index (χ1) is 20.3. The van der Waals surface area contributed by atoms with Gasteiger partial charge >= 0.3 is 17.9 Å². The van der Waals surface area contributed by atoms with Crippen LogP contribution in [0.2, 0.25) is 0 Å². The fraction of sp³-hybridized carbons (Fsp3) is 0.333. The van der Waals surface area contributed by atoms with E-state index in [9.17, 15) is 27.4 Å². The molecule has 13 heteroatoms. The van der Waals surface area contributed by atoms with Gasteiger partial charge in [0, 0.05) is 32.9 Å². The van der Waals surface area contributed by atoms with Gasteiger partial charge in [-0.3, -0.25) is 14.4 Å². The maximum Gasteiger partial charge on any atom is 0.303 e. The number of ether oxygens (including phenoxy) is 5. The number of aryl methyl sites for hydroxylation is 1. The normalized spacial score (nSPS) is 21.4. The Labute approximate surface area is 249 Å². The Hall–Kier alpha value is -4.33. The molecule has 0 saturated carbocycles. The van der Waals surface area contributed by atoms with Crippen LogP contribution in [-0.4, -0.2) is 61.6 Å². The summed E-state index contributed by atoms with van der Waals surface area (Å²) < 4.78 is 61.5. The van der Waals surface area contributed by atoms with E-state index < -0.39 is 58.7 Å². The molecule has 1 aliphatic rings. The summed E-state index contributed by atoms with van der Waals surface area (Å²) in [5.41, 5.74) is 0.928. The zero-order valence-corrected chi connectivity index (χ0v) is 24.8. The number of aromatic nitrogens is 1. The van der Waals surface area contributed by atoms with Crippen molar-refractivity contribution in [2.24, 2.45) is 0 Å². The Morgan fingerprint density at radius 1 is 0.767 bits per heavy atom. The summed E-state index contributed by atoms with van der Waals surface area (Å²) in [4.78, 5) is 35.5. The van der Waals surface area contributed by atoms with Crippen LogP contribution in [0.15, 0.2) is 90.1 Å². The average Bonchev–Trinajstić information content (AvgIpc) is 2.93. The monoisotopic (exact) mass is 615 g/mol. The molecule has 43 heavy (non-hydrogen) atoms. The molecule has 0 bridgehead atoms.